The zero-order valence-electron chi connectivity index (χ0n) is 13.3. The van der Waals surface area contributed by atoms with Gasteiger partial charge < -0.3 is 4.98 Å². The van der Waals surface area contributed by atoms with Gasteiger partial charge in [0.2, 0.25) is 10.0 Å². The van der Waals surface area contributed by atoms with Gasteiger partial charge in [-0.15, -0.1) is 0 Å². The second kappa shape index (κ2) is 6.68. The smallest absolute Gasteiger partial charge is 0.211 e. The van der Waals surface area contributed by atoms with Crippen LogP contribution in [-0.2, 0) is 22.9 Å². The van der Waals surface area contributed by atoms with Crippen LogP contribution < -0.4 is 4.72 Å². The molecule has 1 atom stereocenters. The van der Waals surface area contributed by atoms with Crippen molar-refractivity contribution >= 4 is 10.0 Å². The third kappa shape index (κ3) is 3.52. The van der Waals surface area contributed by atoms with Gasteiger partial charge in [-0.3, -0.25) is 4.90 Å². The van der Waals surface area contributed by atoms with Crippen LogP contribution in [0.2, 0.25) is 0 Å². The molecule has 0 radical (unpaired) electrons. The molecular formula is C15H26N4O2S. The number of aromatic nitrogens is 2. The maximum Gasteiger partial charge on any atom is 0.211 e. The molecule has 1 aliphatic carbocycles. The summed E-state index contributed by atoms with van der Waals surface area (Å²) in [4.78, 5) is 10.7. The summed E-state index contributed by atoms with van der Waals surface area (Å²) < 4.78 is 25.7. The number of imidazole rings is 1. The Labute approximate surface area is 132 Å². The predicted molar refractivity (Wildman–Crippen MR) is 86.2 cm³/mol. The molecule has 2 aliphatic rings. The molecule has 0 spiro atoms. The van der Waals surface area contributed by atoms with E-state index in [0.717, 1.165) is 44.6 Å². The highest BCUT2D eigenvalue weighted by Gasteiger charge is 2.29. The van der Waals surface area contributed by atoms with Gasteiger partial charge in [-0.25, -0.2) is 18.1 Å². The van der Waals surface area contributed by atoms with E-state index in [1.165, 1.54) is 24.2 Å². The molecular weight excluding hydrogens is 300 g/mol. The second-order valence-electron chi connectivity index (χ2n) is 6.25. The fourth-order valence-electron chi connectivity index (χ4n) is 3.48. The summed E-state index contributed by atoms with van der Waals surface area (Å²) in [6.07, 6.45) is 6.95. The van der Waals surface area contributed by atoms with E-state index in [1.807, 2.05) is 0 Å². The van der Waals surface area contributed by atoms with E-state index < -0.39 is 10.0 Å². The third-order valence-electron chi connectivity index (χ3n) is 4.75. The highest BCUT2D eigenvalue weighted by Crippen LogP contribution is 2.31. The van der Waals surface area contributed by atoms with Gasteiger partial charge in [0.05, 0.1) is 17.5 Å². The molecule has 7 heteroatoms. The molecule has 0 saturated carbocycles. The number of nitrogens with zero attached hydrogens (tertiary/aromatic N) is 2. The van der Waals surface area contributed by atoms with Crippen molar-refractivity contribution in [3.8, 4) is 0 Å². The molecule has 124 valence electrons. The number of likely N-dealkylation sites (tertiary alicyclic amines) is 1. The molecule has 1 aliphatic heterocycles. The molecule has 1 fully saturated rings. The Bertz CT molecular complexity index is 588. The van der Waals surface area contributed by atoms with Crippen molar-refractivity contribution in [1.82, 2.24) is 19.6 Å². The molecule has 1 saturated heterocycles. The Hall–Kier alpha value is -0.920. The largest absolute Gasteiger partial charge is 0.344 e. The van der Waals surface area contributed by atoms with Crippen molar-refractivity contribution in [3.05, 3.63) is 17.2 Å². The Balaban J connectivity index is 1.62. The molecule has 1 aromatic rings. The Morgan fingerprint density at radius 3 is 2.91 bits per heavy atom. The van der Waals surface area contributed by atoms with Crippen LogP contribution in [0.3, 0.4) is 0 Å². The van der Waals surface area contributed by atoms with Gasteiger partial charge in [-0.05, 0) is 52.0 Å². The van der Waals surface area contributed by atoms with E-state index >= 15 is 0 Å². The summed E-state index contributed by atoms with van der Waals surface area (Å²) in [6, 6.07) is 0.316. The fraction of sp³-hybridized carbons (Fsp3) is 0.800. The van der Waals surface area contributed by atoms with Crippen LogP contribution in [0.4, 0.5) is 0 Å². The SMILES string of the molecule is CCS(=O)(=O)NCCN1CCC[C@@H]1c1nc2c([nH]1)CCCC2. The van der Waals surface area contributed by atoms with Gasteiger partial charge in [0.15, 0.2) is 0 Å². The van der Waals surface area contributed by atoms with Crippen LogP contribution in [0.5, 0.6) is 0 Å². The van der Waals surface area contributed by atoms with Crippen molar-refractivity contribution in [1.29, 1.82) is 0 Å². The second-order valence-corrected chi connectivity index (χ2v) is 8.34. The zero-order valence-corrected chi connectivity index (χ0v) is 14.1. The highest BCUT2D eigenvalue weighted by atomic mass is 32.2. The lowest BCUT2D eigenvalue weighted by atomic mass is 10.0. The monoisotopic (exact) mass is 326 g/mol. The summed E-state index contributed by atoms with van der Waals surface area (Å²) in [5.74, 6) is 1.23. The molecule has 2 N–H and O–H groups in total. The number of fused-ring (bicyclic) bond motifs is 1. The van der Waals surface area contributed by atoms with Gasteiger partial charge in [0, 0.05) is 18.8 Å². The number of aromatic amines is 1. The van der Waals surface area contributed by atoms with Crippen LogP contribution in [0.15, 0.2) is 0 Å². The van der Waals surface area contributed by atoms with Crippen molar-refractivity contribution in [2.24, 2.45) is 0 Å². The average Bonchev–Trinajstić information content (AvgIpc) is 3.12. The maximum atomic E-state index is 11.5. The number of rotatable bonds is 6. The standard InChI is InChI=1S/C15H26N4O2S/c1-2-22(20,21)16-9-11-19-10-5-8-14(19)15-17-12-6-3-4-7-13(12)18-15/h14,16H,2-11H2,1H3,(H,17,18)/t14-/m1/s1. The zero-order chi connectivity index (χ0) is 15.6. The van der Waals surface area contributed by atoms with Gasteiger partial charge in [-0.1, -0.05) is 0 Å². The van der Waals surface area contributed by atoms with E-state index in [0.29, 0.717) is 12.6 Å². The first-order valence-corrected chi connectivity index (χ1v) is 10.0. The van der Waals surface area contributed by atoms with Gasteiger partial charge in [-0.2, -0.15) is 0 Å². The highest BCUT2D eigenvalue weighted by molar-refractivity contribution is 7.89. The Kier molecular flexibility index (Phi) is 4.84. The molecule has 3 rings (SSSR count). The minimum atomic E-state index is -3.10. The average molecular weight is 326 g/mol. The summed E-state index contributed by atoms with van der Waals surface area (Å²) >= 11 is 0. The van der Waals surface area contributed by atoms with Crippen molar-refractivity contribution in [3.63, 3.8) is 0 Å². The van der Waals surface area contributed by atoms with Crippen LogP contribution in [-0.4, -0.2) is 48.7 Å². The predicted octanol–water partition coefficient (Wildman–Crippen LogP) is 1.36. The lowest BCUT2D eigenvalue weighted by Crippen LogP contribution is -2.35. The normalized spacial score (nSPS) is 22.9. The number of hydrogen-bond donors (Lipinski definition) is 2. The van der Waals surface area contributed by atoms with Gasteiger partial charge in [0.25, 0.3) is 0 Å². The molecule has 0 aromatic carbocycles. The van der Waals surface area contributed by atoms with E-state index in [2.05, 4.69) is 14.6 Å². The van der Waals surface area contributed by atoms with E-state index in [-0.39, 0.29) is 5.75 Å². The minimum absolute atomic E-state index is 0.140. The number of aryl methyl sites for hydroxylation is 2. The Morgan fingerprint density at radius 2 is 2.14 bits per heavy atom. The molecule has 6 nitrogen and oxygen atoms in total. The van der Waals surface area contributed by atoms with Gasteiger partial charge >= 0.3 is 0 Å². The lowest BCUT2D eigenvalue weighted by Gasteiger charge is -2.22. The summed E-state index contributed by atoms with van der Waals surface area (Å²) in [5.41, 5.74) is 2.57. The molecule has 0 amide bonds. The quantitative estimate of drug-likeness (QED) is 0.827. The van der Waals surface area contributed by atoms with E-state index in [4.69, 9.17) is 4.98 Å². The Morgan fingerprint density at radius 1 is 1.32 bits per heavy atom. The van der Waals surface area contributed by atoms with Crippen molar-refractivity contribution in [2.45, 2.75) is 51.5 Å². The first kappa shape index (κ1) is 16.0. The number of hydrogen-bond acceptors (Lipinski definition) is 4. The van der Waals surface area contributed by atoms with Crippen LogP contribution >= 0.6 is 0 Å². The van der Waals surface area contributed by atoms with Crippen molar-refractivity contribution in [2.75, 3.05) is 25.4 Å². The summed E-state index contributed by atoms with van der Waals surface area (Å²) in [5, 5.41) is 0. The van der Waals surface area contributed by atoms with Crippen LogP contribution in [0.1, 0.15) is 55.9 Å². The fourth-order valence-corrected chi connectivity index (χ4v) is 4.09. The van der Waals surface area contributed by atoms with E-state index in [1.54, 1.807) is 6.92 Å². The summed E-state index contributed by atoms with van der Waals surface area (Å²) in [6.45, 7) is 3.90. The maximum absolute atomic E-state index is 11.5. The number of H-pyrrole nitrogens is 1. The number of nitrogens with one attached hydrogen (secondary N) is 2. The molecule has 2 heterocycles. The first-order valence-electron chi connectivity index (χ1n) is 8.38. The van der Waals surface area contributed by atoms with Crippen LogP contribution in [0, 0.1) is 0 Å². The summed E-state index contributed by atoms with van der Waals surface area (Å²) in [7, 11) is -3.10. The minimum Gasteiger partial charge on any atom is -0.344 e. The first-order chi connectivity index (χ1) is 10.6. The molecule has 0 unspecified atom stereocenters. The van der Waals surface area contributed by atoms with Crippen LogP contribution in [0.25, 0.3) is 0 Å². The number of sulfonamides is 1. The lowest BCUT2D eigenvalue weighted by molar-refractivity contribution is 0.253. The molecule has 22 heavy (non-hydrogen) atoms. The third-order valence-corrected chi connectivity index (χ3v) is 6.16. The molecule has 1 aromatic heterocycles. The molecule has 0 bridgehead atoms. The van der Waals surface area contributed by atoms with Gasteiger partial charge in [0.1, 0.15) is 5.82 Å². The van der Waals surface area contributed by atoms with Crippen molar-refractivity contribution < 1.29 is 8.42 Å². The topological polar surface area (TPSA) is 78.1 Å². The van der Waals surface area contributed by atoms with E-state index in [9.17, 15) is 8.42 Å².